The van der Waals surface area contributed by atoms with Gasteiger partial charge in [-0.05, 0) is 35.8 Å². The number of rotatable bonds is 8. The Balaban J connectivity index is 0.000000416. The quantitative estimate of drug-likeness (QED) is 0.344. The molecule has 0 aliphatic rings. The summed E-state index contributed by atoms with van der Waals surface area (Å²) in [5.41, 5.74) is 0. The lowest BCUT2D eigenvalue weighted by Gasteiger charge is -2.08. The van der Waals surface area contributed by atoms with Gasteiger partial charge >= 0.3 is 0 Å². The number of hydrogen-bond donors (Lipinski definition) is 3. The summed E-state index contributed by atoms with van der Waals surface area (Å²) in [5.74, 6) is 0.388. The second-order valence-electron chi connectivity index (χ2n) is 6.60. The maximum atomic E-state index is 12.0. The van der Waals surface area contributed by atoms with Crippen molar-refractivity contribution in [3.8, 4) is 0 Å². The van der Waals surface area contributed by atoms with Crippen LogP contribution < -0.4 is 15.4 Å². The molecule has 0 saturated carbocycles. The molecule has 1 heterocycles. The van der Waals surface area contributed by atoms with E-state index in [0.717, 1.165) is 15.9 Å². The predicted octanol–water partition coefficient (Wildman–Crippen LogP) is 3.49. The highest BCUT2D eigenvalue weighted by Crippen LogP contribution is 2.25. The lowest BCUT2D eigenvalue weighted by molar-refractivity contribution is -0.119. The Morgan fingerprint density at radius 2 is 1.41 bits per heavy atom. The van der Waals surface area contributed by atoms with Crippen molar-refractivity contribution >= 4 is 43.4 Å². The molecule has 0 bridgehead atoms. The minimum atomic E-state index is -3.68. The number of amides is 1. The standard InChI is InChI=1S/C17H18N4O3S2.C6H6/c22-16(12-20-26(23,24)13-6-2-1-3-7-13)18-10-11-19-17-14-8-4-5-9-15(14)25-21-17;1-2-4-6-5-3-1/h1-9,20H,10-12H2,(H,18,22)(H,19,21);1-6H. The Bertz CT molecular complexity index is 1190. The van der Waals surface area contributed by atoms with E-state index in [1.165, 1.54) is 23.7 Å². The first-order chi connectivity index (χ1) is 15.6. The molecule has 0 saturated heterocycles. The number of sulfonamides is 1. The van der Waals surface area contributed by atoms with Gasteiger partial charge < -0.3 is 10.6 Å². The lowest BCUT2D eigenvalue weighted by Crippen LogP contribution is -2.38. The fraction of sp³-hybridized carbons (Fsp3) is 0.130. The zero-order valence-electron chi connectivity index (χ0n) is 17.3. The molecule has 3 aromatic carbocycles. The number of hydrogen-bond acceptors (Lipinski definition) is 6. The Hall–Kier alpha value is -3.27. The molecule has 3 N–H and O–H groups in total. The molecule has 0 fully saturated rings. The number of carbonyl (C=O) groups is 1. The van der Waals surface area contributed by atoms with E-state index < -0.39 is 15.9 Å². The van der Waals surface area contributed by atoms with Crippen molar-refractivity contribution < 1.29 is 13.2 Å². The third-order valence-corrected chi connectivity index (χ3v) is 6.50. The summed E-state index contributed by atoms with van der Waals surface area (Å²) in [6.07, 6.45) is 0. The second kappa shape index (κ2) is 11.9. The van der Waals surface area contributed by atoms with E-state index in [9.17, 15) is 13.2 Å². The van der Waals surface area contributed by atoms with Gasteiger partial charge in [-0.1, -0.05) is 66.7 Å². The van der Waals surface area contributed by atoms with Crippen molar-refractivity contribution in [1.82, 2.24) is 14.4 Å². The molecule has 9 heteroatoms. The van der Waals surface area contributed by atoms with E-state index in [0.29, 0.717) is 13.1 Å². The molecule has 1 aromatic heterocycles. The largest absolute Gasteiger partial charge is 0.367 e. The first kappa shape index (κ1) is 23.4. The van der Waals surface area contributed by atoms with Crippen LogP contribution in [0.4, 0.5) is 5.82 Å². The topological polar surface area (TPSA) is 100 Å². The molecule has 32 heavy (non-hydrogen) atoms. The maximum absolute atomic E-state index is 12.0. The molecule has 0 aliphatic carbocycles. The van der Waals surface area contributed by atoms with Gasteiger partial charge in [-0.3, -0.25) is 4.79 Å². The number of fused-ring (bicyclic) bond motifs is 1. The molecule has 0 spiro atoms. The van der Waals surface area contributed by atoms with Crippen molar-refractivity contribution in [2.75, 3.05) is 25.0 Å². The van der Waals surface area contributed by atoms with Crippen LogP contribution in [-0.2, 0) is 14.8 Å². The SMILES string of the molecule is O=C(CNS(=O)(=O)c1ccccc1)NCCNc1nsc2ccccc12.c1ccccc1. The van der Waals surface area contributed by atoms with Crippen LogP contribution in [0, 0.1) is 0 Å². The first-order valence-corrected chi connectivity index (χ1v) is 12.2. The third-order valence-electron chi connectivity index (χ3n) is 4.26. The van der Waals surface area contributed by atoms with Gasteiger partial charge in [0.25, 0.3) is 0 Å². The van der Waals surface area contributed by atoms with E-state index in [1.807, 2.05) is 60.7 Å². The van der Waals surface area contributed by atoms with E-state index in [-0.39, 0.29) is 11.4 Å². The van der Waals surface area contributed by atoms with Gasteiger partial charge in [0, 0.05) is 18.5 Å². The number of nitrogens with one attached hydrogen (secondary N) is 3. The molecule has 0 unspecified atom stereocenters. The van der Waals surface area contributed by atoms with Gasteiger partial charge in [0.05, 0.1) is 16.1 Å². The summed E-state index contributed by atoms with van der Waals surface area (Å²) in [7, 11) is -3.68. The van der Waals surface area contributed by atoms with Crippen LogP contribution in [0.5, 0.6) is 0 Å². The van der Waals surface area contributed by atoms with Crippen molar-refractivity contribution in [1.29, 1.82) is 0 Å². The number of carbonyl (C=O) groups excluding carboxylic acids is 1. The summed E-state index contributed by atoms with van der Waals surface area (Å²) in [6, 6.07) is 27.8. The summed E-state index contributed by atoms with van der Waals surface area (Å²) in [4.78, 5) is 11.9. The van der Waals surface area contributed by atoms with Crippen molar-refractivity contribution in [3.05, 3.63) is 91.0 Å². The van der Waals surface area contributed by atoms with Gasteiger partial charge in [-0.25, -0.2) is 13.1 Å². The summed E-state index contributed by atoms with van der Waals surface area (Å²) < 4.78 is 31.8. The second-order valence-corrected chi connectivity index (χ2v) is 9.17. The molecule has 4 aromatic rings. The fourth-order valence-electron chi connectivity index (χ4n) is 2.69. The number of nitrogens with zero attached hydrogens (tertiary/aromatic N) is 1. The zero-order chi connectivity index (χ0) is 22.7. The maximum Gasteiger partial charge on any atom is 0.241 e. The monoisotopic (exact) mass is 468 g/mol. The highest BCUT2D eigenvalue weighted by Gasteiger charge is 2.14. The summed E-state index contributed by atoms with van der Waals surface area (Å²) >= 11 is 1.41. The van der Waals surface area contributed by atoms with Gasteiger partial charge in [0.15, 0.2) is 0 Å². The van der Waals surface area contributed by atoms with Crippen LogP contribution in [0.15, 0.2) is 95.9 Å². The number of benzene rings is 3. The van der Waals surface area contributed by atoms with Crippen LogP contribution in [-0.4, -0.2) is 38.3 Å². The molecular weight excluding hydrogens is 444 g/mol. The number of anilines is 1. The van der Waals surface area contributed by atoms with Crippen LogP contribution in [0.25, 0.3) is 10.1 Å². The van der Waals surface area contributed by atoms with E-state index in [2.05, 4.69) is 19.7 Å². The lowest BCUT2D eigenvalue weighted by atomic mass is 10.2. The van der Waals surface area contributed by atoms with Crippen LogP contribution in [0.1, 0.15) is 0 Å². The average Bonchev–Trinajstić information content (AvgIpc) is 3.26. The van der Waals surface area contributed by atoms with Crippen LogP contribution in [0.2, 0.25) is 0 Å². The predicted molar refractivity (Wildman–Crippen MR) is 129 cm³/mol. The Labute approximate surface area is 191 Å². The molecule has 0 radical (unpaired) electrons. The Morgan fingerprint density at radius 1 is 0.812 bits per heavy atom. The highest BCUT2D eigenvalue weighted by molar-refractivity contribution is 7.89. The van der Waals surface area contributed by atoms with Crippen molar-refractivity contribution in [2.45, 2.75) is 4.90 Å². The normalized spacial score (nSPS) is 10.8. The molecule has 1 amide bonds. The summed E-state index contributed by atoms with van der Waals surface area (Å²) in [5, 5.41) is 6.87. The van der Waals surface area contributed by atoms with Crippen molar-refractivity contribution in [2.24, 2.45) is 0 Å². The average molecular weight is 469 g/mol. The molecule has 0 atom stereocenters. The molecule has 7 nitrogen and oxygen atoms in total. The van der Waals surface area contributed by atoms with E-state index in [4.69, 9.17) is 0 Å². The van der Waals surface area contributed by atoms with Gasteiger partial charge in [0.1, 0.15) is 5.82 Å². The van der Waals surface area contributed by atoms with Gasteiger partial charge in [-0.2, -0.15) is 4.37 Å². The minimum Gasteiger partial charge on any atom is -0.367 e. The van der Waals surface area contributed by atoms with Gasteiger partial charge in [-0.15, -0.1) is 0 Å². The molecule has 4 rings (SSSR count). The fourth-order valence-corrected chi connectivity index (χ4v) is 4.45. The van der Waals surface area contributed by atoms with Crippen LogP contribution in [0.3, 0.4) is 0 Å². The first-order valence-electron chi connectivity index (χ1n) is 9.96. The van der Waals surface area contributed by atoms with Gasteiger partial charge in [0.2, 0.25) is 15.9 Å². The van der Waals surface area contributed by atoms with E-state index >= 15 is 0 Å². The van der Waals surface area contributed by atoms with Crippen molar-refractivity contribution in [3.63, 3.8) is 0 Å². The Morgan fingerprint density at radius 3 is 2.09 bits per heavy atom. The highest BCUT2D eigenvalue weighted by atomic mass is 32.2. The third kappa shape index (κ3) is 7.16. The minimum absolute atomic E-state index is 0.130. The smallest absolute Gasteiger partial charge is 0.241 e. The molecule has 166 valence electrons. The van der Waals surface area contributed by atoms with E-state index in [1.54, 1.807) is 18.2 Å². The molecular formula is C23H24N4O3S2. The zero-order valence-corrected chi connectivity index (χ0v) is 18.9. The number of aromatic nitrogens is 1. The Kier molecular flexibility index (Phi) is 8.73. The molecule has 0 aliphatic heterocycles. The summed E-state index contributed by atoms with van der Waals surface area (Å²) in [6.45, 7) is 0.541. The van der Waals surface area contributed by atoms with Crippen LogP contribution >= 0.6 is 11.5 Å².